The smallest absolute Gasteiger partial charge is 0.299 e. The predicted molar refractivity (Wildman–Crippen MR) is 126 cm³/mol. The molecular formula is C22H39ClF3N5OS. The highest BCUT2D eigenvalue weighted by Crippen LogP contribution is 2.41. The Labute approximate surface area is 203 Å². The molecule has 11 heteroatoms. The van der Waals surface area contributed by atoms with E-state index in [9.17, 15) is 17.4 Å². The fraction of sp³-hybridized carbons (Fsp3) is 1.00. The molecule has 4 aliphatic rings. The Morgan fingerprint density at radius 3 is 2.36 bits per heavy atom. The van der Waals surface area contributed by atoms with Gasteiger partial charge in [0.05, 0.1) is 16.4 Å². The minimum atomic E-state index is -4.40. The van der Waals surface area contributed by atoms with E-state index in [1.165, 1.54) is 7.05 Å². The van der Waals surface area contributed by atoms with E-state index in [4.69, 9.17) is 11.6 Å². The summed E-state index contributed by atoms with van der Waals surface area (Å²) in [6, 6.07) is -0.636. The molecule has 0 aromatic heterocycles. The number of hydrogen-bond acceptors (Lipinski definition) is 5. The predicted octanol–water partition coefficient (Wildman–Crippen LogP) is 3.41. The zero-order valence-electron chi connectivity index (χ0n) is 20.1. The van der Waals surface area contributed by atoms with E-state index in [2.05, 4.69) is 20.7 Å². The molecule has 0 amide bonds. The molecule has 192 valence electrons. The minimum absolute atomic E-state index is 0.0537. The number of piperidine rings is 1. The Morgan fingerprint density at radius 1 is 1.09 bits per heavy atom. The molecule has 33 heavy (non-hydrogen) atoms. The molecule has 6 nitrogen and oxygen atoms in total. The number of likely N-dealkylation sites (tertiary alicyclic amines) is 1. The first-order chi connectivity index (χ1) is 15.4. The summed E-state index contributed by atoms with van der Waals surface area (Å²) in [7, 11) is -0.340. The summed E-state index contributed by atoms with van der Waals surface area (Å²) in [5, 5.41) is 5.91. The van der Waals surface area contributed by atoms with E-state index in [1.54, 1.807) is 20.8 Å². The number of fused-ring (bicyclic) bond motifs is 3. The topological polar surface area (TPSA) is 50.9 Å². The first-order valence-electron chi connectivity index (χ1n) is 12.3. The van der Waals surface area contributed by atoms with Gasteiger partial charge in [0.2, 0.25) is 0 Å². The van der Waals surface area contributed by atoms with Gasteiger partial charge in [0.25, 0.3) is 0 Å². The van der Waals surface area contributed by atoms with Crippen LogP contribution in [-0.4, -0.2) is 85.3 Å². The first kappa shape index (κ1) is 26.1. The summed E-state index contributed by atoms with van der Waals surface area (Å²) in [6.45, 7) is 7.07. The number of nitrogens with one attached hydrogen (secondary N) is 2. The van der Waals surface area contributed by atoms with Crippen LogP contribution in [0.15, 0.2) is 0 Å². The van der Waals surface area contributed by atoms with Gasteiger partial charge < -0.3 is 0 Å². The Bertz CT molecular complexity index is 715. The van der Waals surface area contributed by atoms with Crippen LogP contribution in [0.25, 0.3) is 0 Å². The molecule has 2 N–H and O–H groups in total. The maximum Gasteiger partial charge on any atom is 0.405 e. The monoisotopic (exact) mass is 513 g/mol. The van der Waals surface area contributed by atoms with Gasteiger partial charge in [0.1, 0.15) is 17.0 Å². The van der Waals surface area contributed by atoms with Gasteiger partial charge >= 0.3 is 6.18 Å². The van der Waals surface area contributed by atoms with Crippen LogP contribution in [0, 0.1) is 5.92 Å². The Morgan fingerprint density at radius 2 is 1.76 bits per heavy atom. The molecular weight excluding hydrogens is 475 g/mol. The summed E-state index contributed by atoms with van der Waals surface area (Å²) in [5.41, 5.74) is 3.35. The van der Waals surface area contributed by atoms with Crippen molar-refractivity contribution in [3.8, 4) is 0 Å². The molecule has 3 saturated heterocycles. The lowest BCUT2D eigenvalue weighted by Crippen LogP contribution is -2.70. The molecule has 0 spiro atoms. The Hall–Kier alpha value is 0.0300. The second-order valence-corrected chi connectivity index (χ2v) is 14.0. The lowest BCUT2D eigenvalue weighted by molar-refractivity contribution is -0.185. The van der Waals surface area contributed by atoms with Crippen LogP contribution in [0.3, 0.4) is 0 Å². The van der Waals surface area contributed by atoms with Gasteiger partial charge in [-0.15, -0.1) is 11.6 Å². The summed E-state index contributed by atoms with van der Waals surface area (Å²) < 4.78 is 55.5. The second-order valence-electron chi connectivity index (χ2n) is 11.1. The van der Waals surface area contributed by atoms with Crippen LogP contribution in [0.5, 0.6) is 0 Å². The van der Waals surface area contributed by atoms with Crippen molar-refractivity contribution in [2.24, 2.45) is 5.92 Å². The third-order valence-corrected chi connectivity index (χ3v) is 10.0. The highest BCUT2D eigenvalue weighted by atomic mass is 35.5. The summed E-state index contributed by atoms with van der Waals surface area (Å²) >= 11 is 6.34. The normalized spacial score (nSPS) is 38.7. The fourth-order valence-electron chi connectivity index (χ4n) is 6.53. The SMILES string of the molecule is CN([C@@H](C1CCC(N2CCCC3C2CNC2CC(Cl)NN23)CC1)C(F)(F)F)S(=O)C(C)(C)C. The Kier molecular flexibility index (Phi) is 7.77. The summed E-state index contributed by atoms with van der Waals surface area (Å²) in [6.07, 6.45) is 1.48. The van der Waals surface area contributed by atoms with Crippen LogP contribution in [-0.2, 0) is 11.0 Å². The van der Waals surface area contributed by atoms with Crippen LogP contribution >= 0.6 is 11.6 Å². The molecule has 1 aliphatic carbocycles. The third-order valence-electron chi connectivity index (χ3n) is 7.93. The molecule has 1 saturated carbocycles. The standard InChI is InChI=1S/C22H39ClF3N5OS/c1-21(2,3)33(32)29(4)20(22(24,25)26)14-7-9-15(10-8-14)30-11-5-6-16-17(30)13-27-19-12-18(23)28-31(16)19/h14-20,27-28H,5-13H2,1-4H3/t14?,15?,16?,17?,18?,19?,20-,33?/m0/s1. The zero-order valence-corrected chi connectivity index (χ0v) is 21.6. The van der Waals surface area contributed by atoms with Crippen LogP contribution in [0.4, 0.5) is 13.2 Å². The number of rotatable bonds is 4. The average molecular weight is 514 g/mol. The van der Waals surface area contributed by atoms with E-state index in [0.29, 0.717) is 31.0 Å². The second kappa shape index (κ2) is 9.82. The van der Waals surface area contributed by atoms with Gasteiger partial charge in [-0.2, -0.15) is 13.2 Å². The number of nitrogens with zero attached hydrogens (tertiary/aromatic N) is 3. The highest BCUT2D eigenvalue weighted by molar-refractivity contribution is 7.84. The van der Waals surface area contributed by atoms with Crippen LogP contribution < -0.4 is 10.7 Å². The van der Waals surface area contributed by atoms with E-state index in [-0.39, 0.29) is 11.7 Å². The lowest BCUT2D eigenvalue weighted by Gasteiger charge is -2.53. The number of alkyl halides is 4. The molecule has 3 aliphatic heterocycles. The molecule has 6 atom stereocenters. The van der Waals surface area contributed by atoms with Crippen molar-refractivity contribution in [2.75, 3.05) is 20.1 Å². The molecule has 0 aromatic rings. The molecule has 5 unspecified atom stereocenters. The van der Waals surface area contributed by atoms with Gasteiger partial charge in [-0.3, -0.25) is 10.2 Å². The zero-order chi connectivity index (χ0) is 24.1. The van der Waals surface area contributed by atoms with Gasteiger partial charge in [0, 0.05) is 38.1 Å². The fourth-order valence-corrected chi connectivity index (χ4v) is 8.17. The van der Waals surface area contributed by atoms with Gasteiger partial charge in [-0.1, -0.05) is 0 Å². The molecule has 4 fully saturated rings. The van der Waals surface area contributed by atoms with Gasteiger partial charge in [-0.25, -0.2) is 18.9 Å². The van der Waals surface area contributed by atoms with Crippen LogP contribution in [0.1, 0.15) is 65.7 Å². The van der Waals surface area contributed by atoms with E-state index < -0.39 is 33.9 Å². The number of hydrogen-bond donors (Lipinski definition) is 2. The molecule has 0 bridgehead atoms. The molecule has 0 radical (unpaired) electrons. The van der Waals surface area contributed by atoms with Crippen molar-refractivity contribution >= 4 is 22.6 Å². The Balaban J connectivity index is 1.42. The number of hydrazine groups is 1. The van der Waals surface area contributed by atoms with E-state index >= 15 is 0 Å². The molecule has 4 rings (SSSR count). The minimum Gasteiger partial charge on any atom is -0.299 e. The number of halogens is 4. The van der Waals surface area contributed by atoms with Gasteiger partial charge in [0.15, 0.2) is 0 Å². The first-order valence-corrected chi connectivity index (χ1v) is 13.8. The van der Waals surface area contributed by atoms with Crippen molar-refractivity contribution < 1.29 is 17.4 Å². The van der Waals surface area contributed by atoms with Crippen LogP contribution in [0.2, 0.25) is 0 Å². The van der Waals surface area contributed by atoms with Crippen molar-refractivity contribution in [1.29, 1.82) is 0 Å². The van der Waals surface area contributed by atoms with Crippen molar-refractivity contribution in [1.82, 2.24) is 25.0 Å². The largest absolute Gasteiger partial charge is 0.405 e. The third kappa shape index (κ3) is 5.42. The van der Waals surface area contributed by atoms with Crippen molar-refractivity contribution in [2.45, 2.75) is 112 Å². The van der Waals surface area contributed by atoms with E-state index in [0.717, 1.165) is 49.5 Å². The molecule has 3 heterocycles. The molecule has 0 aromatic carbocycles. The van der Waals surface area contributed by atoms with E-state index in [1.807, 2.05) is 0 Å². The van der Waals surface area contributed by atoms with Crippen molar-refractivity contribution in [3.63, 3.8) is 0 Å². The van der Waals surface area contributed by atoms with Gasteiger partial charge in [-0.05, 0) is 71.8 Å². The maximum absolute atomic E-state index is 14.1. The summed E-state index contributed by atoms with van der Waals surface area (Å²) in [4.78, 5) is 2.55. The quantitative estimate of drug-likeness (QED) is 0.446. The summed E-state index contributed by atoms with van der Waals surface area (Å²) in [5.74, 6) is -0.524. The lowest BCUT2D eigenvalue weighted by atomic mass is 9.79. The average Bonchev–Trinajstić information content (AvgIpc) is 3.12. The van der Waals surface area contributed by atoms with Crippen molar-refractivity contribution in [3.05, 3.63) is 0 Å². The highest BCUT2D eigenvalue weighted by Gasteiger charge is 2.52. The maximum atomic E-state index is 14.1.